The molecule has 1 saturated heterocycles. The number of aliphatic imine (C=N–C) groups is 1. The molecule has 0 bridgehead atoms. The minimum absolute atomic E-state index is 0. The van der Waals surface area contributed by atoms with Crippen LogP contribution < -0.4 is 14.8 Å². The maximum atomic E-state index is 5.51. The molecule has 1 aliphatic heterocycles. The Balaban J connectivity index is 0.00000300. The van der Waals surface area contributed by atoms with Crippen LogP contribution in [0, 0.1) is 5.92 Å². The van der Waals surface area contributed by atoms with Gasteiger partial charge in [0.15, 0.2) is 5.96 Å². The van der Waals surface area contributed by atoms with Gasteiger partial charge in [0.05, 0.1) is 33.1 Å². The molecule has 1 aromatic heterocycles. The fourth-order valence-corrected chi connectivity index (χ4v) is 3.66. The molecule has 0 saturated carbocycles. The number of imidazole rings is 1. The Morgan fingerprint density at radius 1 is 1.31 bits per heavy atom. The molecule has 2 aromatic rings. The highest BCUT2D eigenvalue weighted by Gasteiger charge is 2.28. The molecular weight excluding hydrogens is 481 g/mol. The minimum atomic E-state index is 0. The fourth-order valence-electron chi connectivity index (χ4n) is 3.66. The van der Waals surface area contributed by atoms with Crippen molar-refractivity contribution in [3.63, 3.8) is 0 Å². The van der Waals surface area contributed by atoms with Crippen molar-refractivity contribution >= 4 is 29.9 Å². The van der Waals surface area contributed by atoms with Gasteiger partial charge in [-0.05, 0) is 31.4 Å². The second-order valence-corrected chi connectivity index (χ2v) is 7.14. The van der Waals surface area contributed by atoms with Crippen molar-refractivity contribution in [2.24, 2.45) is 10.9 Å². The summed E-state index contributed by atoms with van der Waals surface area (Å²) in [4.78, 5) is 11.5. The molecule has 2 unspecified atom stereocenters. The largest absolute Gasteiger partial charge is 0.497 e. The van der Waals surface area contributed by atoms with E-state index in [9.17, 15) is 0 Å². The maximum absolute atomic E-state index is 5.51. The second-order valence-electron chi connectivity index (χ2n) is 7.14. The van der Waals surface area contributed by atoms with Crippen LogP contribution in [0.3, 0.4) is 0 Å². The van der Waals surface area contributed by atoms with Crippen LogP contribution in [0.25, 0.3) is 0 Å². The summed E-state index contributed by atoms with van der Waals surface area (Å²) in [5.41, 5.74) is 1.04. The van der Waals surface area contributed by atoms with Crippen molar-refractivity contribution < 1.29 is 9.47 Å². The van der Waals surface area contributed by atoms with E-state index in [0.717, 1.165) is 49.1 Å². The molecule has 0 aliphatic carbocycles. The lowest BCUT2D eigenvalue weighted by Gasteiger charge is -2.39. The van der Waals surface area contributed by atoms with Gasteiger partial charge < -0.3 is 24.3 Å². The van der Waals surface area contributed by atoms with E-state index >= 15 is 0 Å². The third-order valence-corrected chi connectivity index (χ3v) is 5.35. The van der Waals surface area contributed by atoms with Gasteiger partial charge in [-0.25, -0.2) is 9.98 Å². The first-order chi connectivity index (χ1) is 13.7. The average molecular weight is 513 g/mol. The molecule has 1 fully saturated rings. The van der Waals surface area contributed by atoms with E-state index in [0.29, 0.717) is 18.5 Å². The Hall–Kier alpha value is -1.97. The smallest absolute Gasteiger partial charge is 0.194 e. The number of aromatic nitrogens is 2. The number of rotatable bonds is 6. The standard InChI is InChI=1S/C21H31N5O2.HI/c1-5-23-21(24-13-17-6-7-18(27-3)12-20(17)28-4)25-10-8-16(2)19(14-25)26-11-9-22-15-26;/h6-7,9,11-12,15-16,19H,5,8,10,13-14H2,1-4H3,(H,23,24);1H. The van der Waals surface area contributed by atoms with Crippen molar-refractivity contribution in [2.75, 3.05) is 33.9 Å². The average Bonchev–Trinajstić information content (AvgIpc) is 3.26. The van der Waals surface area contributed by atoms with E-state index in [4.69, 9.17) is 14.5 Å². The SMILES string of the molecule is CCNC(=NCc1ccc(OC)cc1OC)N1CCC(C)C(n2ccnc2)C1.I. The van der Waals surface area contributed by atoms with Gasteiger partial charge in [0.1, 0.15) is 11.5 Å². The predicted octanol–water partition coefficient (Wildman–Crippen LogP) is 3.57. The lowest BCUT2D eigenvalue weighted by molar-refractivity contribution is 0.189. The molecule has 8 heteroatoms. The fraction of sp³-hybridized carbons (Fsp3) is 0.524. The zero-order valence-electron chi connectivity index (χ0n) is 17.7. The van der Waals surface area contributed by atoms with Crippen LogP contribution in [0.5, 0.6) is 11.5 Å². The third-order valence-electron chi connectivity index (χ3n) is 5.35. The number of hydrogen-bond acceptors (Lipinski definition) is 4. The van der Waals surface area contributed by atoms with Crippen molar-refractivity contribution in [2.45, 2.75) is 32.9 Å². The first-order valence-corrected chi connectivity index (χ1v) is 9.87. The van der Waals surface area contributed by atoms with Gasteiger partial charge in [-0.1, -0.05) is 6.92 Å². The highest BCUT2D eigenvalue weighted by Crippen LogP contribution is 2.28. The van der Waals surface area contributed by atoms with Crippen molar-refractivity contribution in [3.8, 4) is 11.5 Å². The maximum Gasteiger partial charge on any atom is 0.194 e. The van der Waals surface area contributed by atoms with E-state index in [-0.39, 0.29) is 24.0 Å². The van der Waals surface area contributed by atoms with Crippen LogP contribution in [0.2, 0.25) is 0 Å². The van der Waals surface area contributed by atoms with Crippen LogP contribution >= 0.6 is 24.0 Å². The van der Waals surface area contributed by atoms with Gasteiger partial charge in [-0.2, -0.15) is 0 Å². The molecule has 3 rings (SSSR count). The van der Waals surface area contributed by atoms with Gasteiger partial charge in [-0.15, -0.1) is 24.0 Å². The summed E-state index contributed by atoms with van der Waals surface area (Å²) in [6.07, 6.45) is 6.94. The molecule has 0 spiro atoms. The monoisotopic (exact) mass is 513 g/mol. The molecular formula is C21H32IN5O2. The lowest BCUT2D eigenvalue weighted by Crippen LogP contribution is -2.49. The van der Waals surface area contributed by atoms with Gasteiger partial charge in [0, 0.05) is 43.7 Å². The van der Waals surface area contributed by atoms with Gasteiger partial charge in [0.25, 0.3) is 0 Å². The Morgan fingerprint density at radius 3 is 2.79 bits per heavy atom. The molecule has 2 atom stereocenters. The summed E-state index contributed by atoms with van der Waals surface area (Å²) >= 11 is 0. The van der Waals surface area contributed by atoms with Crippen LogP contribution in [0.1, 0.15) is 31.9 Å². The second kappa shape index (κ2) is 11.3. The highest BCUT2D eigenvalue weighted by atomic mass is 127. The van der Waals surface area contributed by atoms with Crippen molar-refractivity contribution in [3.05, 3.63) is 42.5 Å². The van der Waals surface area contributed by atoms with E-state index in [1.54, 1.807) is 14.2 Å². The molecule has 0 amide bonds. The molecule has 1 aliphatic rings. The lowest BCUT2D eigenvalue weighted by atomic mass is 9.93. The van der Waals surface area contributed by atoms with Crippen LogP contribution in [0.4, 0.5) is 0 Å². The first kappa shape index (κ1) is 23.3. The van der Waals surface area contributed by atoms with E-state index in [2.05, 4.69) is 39.8 Å². The minimum Gasteiger partial charge on any atom is -0.497 e. The molecule has 29 heavy (non-hydrogen) atoms. The van der Waals surface area contributed by atoms with Crippen LogP contribution in [-0.4, -0.2) is 54.3 Å². The summed E-state index contributed by atoms with van der Waals surface area (Å²) in [6, 6.07) is 6.25. The summed E-state index contributed by atoms with van der Waals surface area (Å²) in [7, 11) is 3.33. The molecule has 1 N–H and O–H groups in total. The summed E-state index contributed by atoms with van der Waals surface area (Å²) in [5, 5.41) is 3.45. The number of benzene rings is 1. The number of nitrogens with zero attached hydrogens (tertiary/aromatic N) is 4. The van der Waals surface area contributed by atoms with Gasteiger partial charge in [0.2, 0.25) is 0 Å². The first-order valence-electron chi connectivity index (χ1n) is 9.87. The van der Waals surface area contributed by atoms with Crippen LogP contribution in [-0.2, 0) is 6.54 Å². The molecule has 2 heterocycles. The predicted molar refractivity (Wildman–Crippen MR) is 126 cm³/mol. The van der Waals surface area contributed by atoms with Crippen molar-refractivity contribution in [1.82, 2.24) is 19.8 Å². The van der Waals surface area contributed by atoms with Crippen LogP contribution in [0.15, 0.2) is 41.9 Å². The number of methoxy groups -OCH3 is 2. The number of ether oxygens (including phenoxy) is 2. The number of guanidine groups is 1. The number of nitrogens with one attached hydrogen (secondary N) is 1. The molecule has 0 radical (unpaired) electrons. The highest BCUT2D eigenvalue weighted by molar-refractivity contribution is 14.0. The Bertz CT molecular complexity index is 781. The topological polar surface area (TPSA) is 63.9 Å². The number of piperidine rings is 1. The van der Waals surface area contributed by atoms with E-state index < -0.39 is 0 Å². The molecule has 7 nitrogen and oxygen atoms in total. The summed E-state index contributed by atoms with van der Waals surface area (Å²) < 4.78 is 13.0. The van der Waals surface area contributed by atoms with E-state index in [1.807, 2.05) is 30.7 Å². The van der Waals surface area contributed by atoms with Gasteiger partial charge >= 0.3 is 0 Å². The Kier molecular flexibility index (Phi) is 9.06. The summed E-state index contributed by atoms with van der Waals surface area (Å²) in [6.45, 7) is 7.72. The zero-order valence-corrected chi connectivity index (χ0v) is 20.0. The zero-order chi connectivity index (χ0) is 19.9. The molecule has 160 valence electrons. The normalized spacial score (nSPS) is 19.4. The number of likely N-dealkylation sites (tertiary alicyclic amines) is 1. The summed E-state index contributed by atoms with van der Waals surface area (Å²) in [5.74, 6) is 3.12. The van der Waals surface area contributed by atoms with Gasteiger partial charge in [-0.3, -0.25) is 0 Å². The van der Waals surface area contributed by atoms with E-state index in [1.165, 1.54) is 0 Å². The number of hydrogen-bond donors (Lipinski definition) is 1. The number of halogens is 1. The Morgan fingerprint density at radius 2 is 2.14 bits per heavy atom. The Labute approximate surface area is 190 Å². The van der Waals surface area contributed by atoms with Crippen molar-refractivity contribution in [1.29, 1.82) is 0 Å². The quantitative estimate of drug-likeness (QED) is 0.364. The molecule has 1 aromatic carbocycles. The third kappa shape index (κ3) is 5.77.